The fourth-order valence-corrected chi connectivity index (χ4v) is 1.64. The van der Waals surface area contributed by atoms with Gasteiger partial charge in [-0.25, -0.2) is 0 Å². The molecule has 0 bridgehead atoms. The minimum atomic E-state index is -4.57. The highest BCUT2D eigenvalue weighted by molar-refractivity contribution is 6.31. The highest BCUT2D eigenvalue weighted by Crippen LogP contribution is 2.36. The van der Waals surface area contributed by atoms with Crippen LogP contribution in [0.15, 0.2) is 24.4 Å². The van der Waals surface area contributed by atoms with Crippen LogP contribution in [0.1, 0.15) is 11.4 Å². The molecule has 0 spiro atoms. The quantitative estimate of drug-likeness (QED) is 0.850. The topological polar surface area (TPSA) is 90.3 Å². The number of hydrogen-bond donors (Lipinski definition) is 2. The second-order valence-electron chi connectivity index (χ2n) is 3.74. The molecule has 0 saturated carbocycles. The molecule has 21 heavy (non-hydrogen) atoms. The molecule has 10 heteroatoms. The van der Waals surface area contributed by atoms with Gasteiger partial charge in [0.1, 0.15) is 11.6 Å². The molecule has 2 rings (SSSR count). The molecule has 0 aliphatic rings. The van der Waals surface area contributed by atoms with Gasteiger partial charge in [0.15, 0.2) is 0 Å². The third-order valence-corrected chi connectivity index (χ3v) is 2.69. The maximum Gasteiger partial charge on any atom is 0.417 e. The molecule has 6 nitrogen and oxygen atoms in total. The monoisotopic (exact) mass is 314 g/mol. The largest absolute Gasteiger partial charge is 0.417 e. The lowest BCUT2D eigenvalue weighted by atomic mass is 10.2. The van der Waals surface area contributed by atoms with E-state index in [2.05, 4.69) is 25.9 Å². The van der Waals surface area contributed by atoms with Gasteiger partial charge >= 0.3 is 6.18 Å². The van der Waals surface area contributed by atoms with Crippen LogP contribution in [0.4, 0.5) is 18.9 Å². The summed E-state index contributed by atoms with van der Waals surface area (Å²) in [6.07, 6.45) is -3.39. The zero-order valence-corrected chi connectivity index (χ0v) is 10.9. The number of H-pyrrole nitrogens is 1. The third-order valence-electron chi connectivity index (χ3n) is 2.36. The van der Waals surface area contributed by atoms with Gasteiger partial charge in [-0.05, 0) is 23.4 Å². The molecule has 0 aliphatic carbocycles. The summed E-state index contributed by atoms with van der Waals surface area (Å²) in [7, 11) is 0. The van der Waals surface area contributed by atoms with E-state index < -0.39 is 16.8 Å². The van der Waals surface area contributed by atoms with E-state index in [0.29, 0.717) is 0 Å². The molecule has 0 amide bonds. The molecule has 1 aromatic heterocycles. The summed E-state index contributed by atoms with van der Waals surface area (Å²) in [5.74, 6) is 0.0232. The van der Waals surface area contributed by atoms with Crippen molar-refractivity contribution < 1.29 is 13.2 Å². The first kappa shape index (κ1) is 14.8. The van der Waals surface area contributed by atoms with Crippen LogP contribution in [0, 0.1) is 11.3 Å². The standard InChI is InChI=1S/C11H6ClF3N6/c12-9-2-1-7(3-8(9)11(13,14)15)17-5-6(4-16)10-18-20-21-19-10/h1-3,5,17H,(H,18,19,20,21). The first-order valence-electron chi connectivity index (χ1n) is 5.39. The number of benzene rings is 1. The smallest absolute Gasteiger partial charge is 0.360 e. The van der Waals surface area contributed by atoms with E-state index in [4.69, 9.17) is 16.9 Å². The Morgan fingerprint density at radius 2 is 2.19 bits per heavy atom. The highest BCUT2D eigenvalue weighted by Gasteiger charge is 2.33. The minimum Gasteiger partial charge on any atom is -0.360 e. The molecular formula is C11H6ClF3N6. The normalized spacial score (nSPS) is 12.0. The average Bonchev–Trinajstić information content (AvgIpc) is 2.94. The van der Waals surface area contributed by atoms with Crippen molar-refractivity contribution in [3.8, 4) is 6.07 Å². The summed E-state index contributed by atoms with van der Waals surface area (Å²) in [5.41, 5.74) is -0.851. The van der Waals surface area contributed by atoms with Gasteiger partial charge < -0.3 is 5.32 Å². The van der Waals surface area contributed by atoms with Gasteiger partial charge in [0, 0.05) is 11.9 Å². The zero-order chi connectivity index (χ0) is 15.5. The van der Waals surface area contributed by atoms with Crippen LogP contribution in [0.2, 0.25) is 5.02 Å². The molecule has 1 aromatic carbocycles. The molecule has 0 aliphatic heterocycles. The van der Waals surface area contributed by atoms with Gasteiger partial charge in [0.25, 0.3) is 0 Å². The second-order valence-corrected chi connectivity index (χ2v) is 4.15. The number of hydrogen-bond acceptors (Lipinski definition) is 5. The van der Waals surface area contributed by atoms with Crippen molar-refractivity contribution in [2.24, 2.45) is 0 Å². The van der Waals surface area contributed by atoms with Crippen LogP contribution < -0.4 is 5.32 Å². The number of rotatable bonds is 3. The zero-order valence-electron chi connectivity index (χ0n) is 10.1. The number of tetrazole rings is 1. The van der Waals surface area contributed by atoms with Crippen LogP contribution >= 0.6 is 11.6 Å². The summed E-state index contributed by atoms with van der Waals surface area (Å²) in [5, 5.41) is 23.7. The second kappa shape index (κ2) is 5.80. The Kier molecular flexibility index (Phi) is 4.09. The molecule has 0 radical (unpaired) electrons. The number of alkyl halides is 3. The minimum absolute atomic E-state index is 0.00672. The maximum absolute atomic E-state index is 12.7. The predicted octanol–water partition coefficient (Wildman–Crippen LogP) is 2.85. The molecule has 0 atom stereocenters. The first-order chi connectivity index (χ1) is 9.91. The lowest BCUT2D eigenvalue weighted by Crippen LogP contribution is -2.06. The number of nitriles is 1. The van der Waals surface area contributed by atoms with Gasteiger partial charge in [-0.2, -0.15) is 23.6 Å². The van der Waals surface area contributed by atoms with Crippen molar-refractivity contribution in [3.05, 3.63) is 40.8 Å². The Bertz CT molecular complexity index is 702. The summed E-state index contributed by atoms with van der Waals surface area (Å²) in [4.78, 5) is 0. The lowest BCUT2D eigenvalue weighted by Gasteiger charge is -2.10. The van der Waals surface area contributed by atoms with E-state index in [0.717, 1.165) is 12.1 Å². The summed E-state index contributed by atoms with van der Waals surface area (Å²) >= 11 is 5.50. The number of nitrogens with one attached hydrogen (secondary N) is 2. The van der Waals surface area contributed by atoms with Crippen LogP contribution in [-0.4, -0.2) is 20.6 Å². The van der Waals surface area contributed by atoms with Crippen molar-refractivity contribution >= 4 is 22.9 Å². The lowest BCUT2D eigenvalue weighted by molar-refractivity contribution is -0.137. The fraction of sp³-hybridized carbons (Fsp3) is 0.0909. The van der Waals surface area contributed by atoms with Crippen LogP contribution in [0.5, 0.6) is 0 Å². The highest BCUT2D eigenvalue weighted by atomic mass is 35.5. The van der Waals surface area contributed by atoms with Gasteiger partial charge in [-0.15, -0.1) is 10.2 Å². The molecule has 1 heterocycles. The Morgan fingerprint density at radius 1 is 1.43 bits per heavy atom. The van der Waals surface area contributed by atoms with Gasteiger partial charge in [-0.1, -0.05) is 11.6 Å². The third kappa shape index (κ3) is 3.49. The van der Waals surface area contributed by atoms with Crippen molar-refractivity contribution in [3.63, 3.8) is 0 Å². The molecule has 0 saturated heterocycles. The number of aromatic nitrogens is 4. The van der Waals surface area contributed by atoms with E-state index in [9.17, 15) is 13.2 Å². The molecule has 2 aromatic rings. The number of aromatic amines is 1. The van der Waals surface area contributed by atoms with Gasteiger partial charge in [-0.3, -0.25) is 0 Å². The van der Waals surface area contributed by atoms with Crippen molar-refractivity contribution in [1.82, 2.24) is 20.6 Å². The first-order valence-corrected chi connectivity index (χ1v) is 5.77. The van der Waals surface area contributed by atoms with Crippen LogP contribution in [0.25, 0.3) is 5.57 Å². The van der Waals surface area contributed by atoms with Gasteiger partial charge in [0.2, 0.25) is 5.82 Å². The molecule has 108 valence electrons. The number of nitrogens with zero attached hydrogens (tertiary/aromatic N) is 4. The average molecular weight is 315 g/mol. The van der Waals surface area contributed by atoms with Crippen molar-refractivity contribution in [1.29, 1.82) is 5.26 Å². The van der Waals surface area contributed by atoms with Crippen molar-refractivity contribution in [2.45, 2.75) is 6.18 Å². The SMILES string of the molecule is N#CC(=CNc1ccc(Cl)c(C(F)(F)F)c1)c1nn[nH]n1. The maximum atomic E-state index is 12.7. The summed E-state index contributed by atoms with van der Waals surface area (Å²) in [6, 6.07) is 5.09. The summed E-state index contributed by atoms with van der Waals surface area (Å²) in [6.45, 7) is 0. The molecule has 0 unspecified atom stereocenters. The summed E-state index contributed by atoms with van der Waals surface area (Å²) < 4.78 is 38.1. The Hall–Kier alpha value is -2.60. The Balaban J connectivity index is 2.27. The number of halogens is 4. The predicted molar refractivity (Wildman–Crippen MR) is 67.8 cm³/mol. The van der Waals surface area contributed by atoms with Gasteiger partial charge in [0.05, 0.1) is 10.6 Å². The molecule has 0 fully saturated rings. The van der Waals surface area contributed by atoms with Crippen LogP contribution in [-0.2, 0) is 6.18 Å². The van der Waals surface area contributed by atoms with Crippen molar-refractivity contribution in [2.75, 3.05) is 5.32 Å². The number of allylic oxidation sites excluding steroid dienone is 1. The fourth-order valence-electron chi connectivity index (χ4n) is 1.41. The van der Waals surface area contributed by atoms with E-state index in [1.54, 1.807) is 6.07 Å². The molecular weight excluding hydrogens is 309 g/mol. The van der Waals surface area contributed by atoms with E-state index in [-0.39, 0.29) is 17.1 Å². The van der Waals surface area contributed by atoms with E-state index in [1.807, 2.05) is 0 Å². The van der Waals surface area contributed by atoms with Crippen LogP contribution in [0.3, 0.4) is 0 Å². The molecule has 2 N–H and O–H groups in total. The van der Waals surface area contributed by atoms with E-state index in [1.165, 1.54) is 12.3 Å². The Labute approximate surface area is 121 Å². The number of anilines is 1. The Morgan fingerprint density at radius 3 is 2.76 bits per heavy atom. The van der Waals surface area contributed by atoms with E-state index >= 15 is 0 Å².